The number of hydrogen-bond donors (Lipinski definition) is 1. The molecule has 0 spiro atoms. The first-order chi connectivity index (χ1) is 9.04. The molecule has 2 heterocycles. The van der Waals surface area contributed by atoms with Crippen molar-refractivity contribution in [1.82, 2.24) is 4.90 Å². The number of hydrogen-bond acceptors (Lipinski definition) is 5. The van der Waals surface area contributed by atoms with Gasteiger partial charge in [-0.3, -0.25) is 4.90 Å². The molecule has 20 heavy (non-hydrogen) atoms. The molecule has 2 aliphatic heterocycles. The van der Waals surface area contributed by atoms with E-state index in [1.807, 2.05) is 0 Å². The lowest BCUT2D eigenvalue weighted by molar-refractivity contribution is -0.140. The first-order valence-electron chi connectivity index (χ1n) is 6.51. The molecule has 2 bridgehead atoms. The number of carbonyl (C=O) groups is 2. The maximum atomic E-state index is 11.5. The van der Waals surface area contributed by atoms with E-state index in [-0.39, 0.29) is 24.6 Å². The molecule has 0 aromatic rings. The van der Waals surface area contributed by atoms with Gasteiger partial charge in [0.25, 0.3) is 0 Å². The zero-order valence-electron chi connectivity index (χ0n) is 11.4. The van der Waals surface area contributed by atoms with E-state index in [1.165, 1.54) is 6.92 Å². The van der Waals surface area contributed by atoms with Gasteiger partial charge in [-0.15, -0.1) is 12.4 Å². The Kier molecular flexibility index (Phi) is 6.45. The van der Waals surface area contributed by atoms with Gasteiger partial charge >= 0.3 is 11.9 Å². The number of carboxylic acid groups (broad SMARTS) is 1. The lowest BCUT2D eigenvalue weighted by Gasteiger charge is -2.31. The Balaban J connectivity index is 0.00000200. The molecule has 1 N–H and O–H groups in total. The number of likely N-dealkylation sites (tertiary alicyclic amines) is 1. The number of rotatable bonds is 5. The van der Waals surface area contributed by atoms with Gasteiger partial charge in [0.2, 0.25) is 0 Å². The fourth-order valence-electron chi connectivity index (χ4n) is 2.51. The number of halogens is 1. The average molecular weight is 306 g/mol. The van der Waals surface area contributed by atoms with Crippen molar-refractivity contribution in [2.75, 3.05) is 26.2 Å². The standard InChI is InChI=1S/C13H19NO5.ClH/c1-9(6-12(15)16)13(17)18-5-4-14-7-10-2-3-11(8-14)19-10;/h6,10-11H,2-5,7-8H2,1H3,(H,15,16);1H/b9-6+;. The third kappa shape index (κ3) is 4.77. The van der Waals surface area contributed by atoms with Crippen LogP contribution in [0.4, 0.5) is 0 Å². The zero-order valence-corrected chi connectivity index (χ0v) is 12.2. The first-order valence-corrected chi connectivity index (χ1v) is 6.51. The van der Waals surface area contributed by atoms with E-state index in [9.17, 15) is 9.59 Å². The van der Waals surface area contributed by atoms with Crippen LogP contribution in [0.25, 0.3) is 0 Å². The van der Waals surface area contributed by atoms with Gasteiger partial charge in [0.05, 0.1) is 12.2 Å². The summed E-state index contributed by atoms with van der Waals surface area (Å²) >= 11 is 0. The van der Waals surface area contributed by atoms with Crippen molar-refractivity contribution in [3.63, 3.8) is 0 Å². The minimum absolute atomic E-state index is 0. The third-order valence-corrected chi connectivity index (χ3v) is 3.42. The van der Waals surface area contributed by atoms with Gasteiger partial charge in [-0.2, -0.15) is 0 Å². The molecule has 2 aliphatic rings. The predicted octanol–water partition coefficient (Wildman–Crippen LogP) is 0.845. The maximum Gasteiger partial charge on any atom is 0.334 e. The third-order valence-electron chi connectivity index (χ3n) is 3.42. The van der Waals surface area contributed by atoms with Crippen LogP contribution in [0, 0.1) is 0 Å². The second kappa shape index (κ2) is 7.61. The van der Waals surface area contributed by atoms with Gasteiger partial charge in [0.15, 0.2) is 0 Å². The number of morpholine rings is 1. The van der Waals surface area contributed by atoms with E-state index in [0.717, 1.165) is 32.0 Å². The monoisotopic (exact) mass is 305 g/mol. The fourth-order valence-corrected chi connectivity index (χ4v) is 2.51. The molecule has 2 rings (SSSR count). The summed E-state index contributed by atoms with van der Waals surface area (Å²) in [6.45, 7) is 4.16. The van der Waals surface area contributed by atoms with Crippen molar-refractivity contribution >= 4 is 24.3 Å². The van der Waals surface area contributed by atoms with E-state index >= 15 is 0 Å². The highest BCUT2D eigenvalue weighted by Gasteiger charge is 2.33. The summed E-state index contributed by atoms with van der Waals surface area (Å²) in [5, 5.41) is 8.52. The Hall–Kier alpha value is -1.11. The lowest BCUT2D eigenvalue weighted by atomic mass is 10.2. The van der Waals surface area contributed by atoms with E-state index in [1.54, 1.807) is 0 Å². The predicted molar refractivity (Wildman–Crippen MR) is 73.9 cm³/mol. The quantitative estimate of drug-likeness (QED) is 0.599. The SMILES string of the molecule is C/C(=C\C(=O)O)C(=O)OCCN1CC2CCC(C1)O2.Cl. The highest BCUT2D eigenvalue weighted by Crippen LogP contribution is 2.25. The Labute approximate surface area is 124 Å². The average Bonchev–Trinajstić information content (AvgIpc) is 2.67. The molecule has 7 heteroatoms. The van der Waals surface area contributed by atoms with E-state index in [2.05, 4.69) is 4.90 Å². The van der Waals surface area contributed by atoms with Gasteiger partial charge in [-0.25, -0.2) is 9.59 Å². The summed E-state index contributed by atoms with van der Waals surface area (Å²) in [6.07, 6.45) is 3.73. The normalized spacial score (nSPS) is 25.9. The maximum absolute atomic E-state index is 11.5. The summed E-state index contributed by atoms with van der Waals surface area (Å²) in [5.74, 6) is -1.71. The molecule has 2 saturated heterocycles. The number of carbonyl (C=O) groups excluding carboxylic acids is 1. The summed E-state index contributed by atoms with van der Waals surface area (Å²) in [4.78, 5) is 24.1. The van der Waals surface area contributed by atoms with E-state index < -0.39 is 11.9 Å². The molecule has 2 fully saturated rings. The van der Waals surface area contributed by atoms with Crippen molar-refractivity contribution in [2.45, 2.75) is 32.0 Å². The Bertz CT molecular complexity index is 386. The molecule has 0 aromatic carbocycles. The van der Waals surface area contributed by atoms with Crippen molar-refractivity contribution in [1.29, 1.82) is 0 Å². The zero-order chi connectivity index (χ0) is 13.8. The molecular formula is C13H20ClNO5. The molecule has 114 valence electrons. The number of aliphatic carboxylic acids is 1. The summed E-state index contributed by atoms with van der Waals surface area (Å²) < 4.78 is 10.8. The van der Waals surface area contributed by atoms with Crippen LogP contribution < -0.4 is 0 Å². The molecule has 0 radical (unpaired) electrons. The van der Waals surface area contributed by atoms with Gasteiger partial charge in [-0.1, -0.05) is 0 Å². The number of esters is 1. The minimum atomic E-state index is -1.14. The highest BCUT2D eigenvalue weighted by atomic mass is 35.5. The number of ether oxygens (including phenoxy) is 2. The molecule has 6 nitrogen and oxygen atoms in total. The van der Waals surface area contributed by atoms with Gasteiger partial charge < -0.3 is 14.6 Å². The smallest absolute Gasteiger partial charge is 0.334 e. The van der Waals surface area contributed by atoms with Crippen LogP contribution in [0.15, 0.2) is 11.6 Å². The van der Waals surface area contributed by atoms with E-state index in [0.29, 0.717) is 18.8 Å². The van der Waals surface area contributed by atoms with E-state index in [4.69, 9.17) is 14.6 Å². The van der Waals surface area contributed by atoms with Gasteiger partial charge in [0.1, 0.15) is 6.61 Å². The molecule has 0 saturated carbocycles. The van der Waals surface area contributed by atoms with Crippen LogP contribution in [-0.4, -0.2) is 60.4 Å². The molecule has 0 amide bonds. The number of fused-ring (bicyclic) bond motifs is 2. The second-order valence-corrected chi connectivity index (χ2v) is 5.02. The Morgan fingerprint density at radius 3 is 2.50 bits per heavy atom. The summed E-state index contributed by atoms with van der Waals surface area (Å²) in [6, 6.07) is 0. The highest BCUT2D eigenvalue weighted by molar-refractivity contribution is 5.95. The first kappa shape index (κ1) is 16.9. The van der Waals surface area contributed by atoms with Crippen LogP contribution >= 0.6 is 12.4 Å². The van der Waals surface area contributed by atoms with Crippen LogP contribution in [0.1, 0.15) is 19.8 Å². The molecule has 0 aromatic heterocycles. The molecule has 2 unspecified atom stereocenters. The summed E-state index contributed by atoms with van der Waals surface area (Å²) in [5.41, 5.74) is 0.106. The summed E-state index contributed by atoms with van der Waals surface area (Å²) in [7, 11) is 0. The number of nitrogens with zero attached hydrogens (tertiary/aromatic N) is 1. The Morgan fingerprint density at radius 1 is 1.35 bits per heavy atom. The Morgan fingerprint density at radius 2 is 1.95 bits per heavy atom. The van der Waals surface area contributed by atoms with Crippen molar-refractivity contribution in [3.05, 3.63) is 11.6 Å². The molecule has 0 aliphatic carbocycles. The van der Waals surface area contributed by atoms with Crippen molar-refractivity contribution in [3.8, 4) is 0 Å². The second-order valence-electron chi connectivity index (χ2n) is 5.02. The van der Waals surface area contributed by atoms with Crippen LogP contribution in [0.3, 0.4) is 0 Å². The lowest BCUT2D eigenvalue weighted by Crippen LogP contribution is -2.44. The molecule has 2 atom stereocenters. The topological polar surface area (TPSA) is 76.1 Å². The van der Waals surface area contributed by atoms with Gasteiger partial charge in [0, 0.05) is 31.3 Å². The van der Waals surface area contributed by atoms with Gasteiger partial charge in [-0.05, 0) is 19.8 Å². The fraction of sp³-hybridized carbons (Fsp3) is 0.692. The largest absolute Gasteiger partial charge is 0.478 e. The number of carboxylic acids is 1. The van der Waals surface area contributed by atoms with Crippen LogP contribution in [0.2, 0.25) is 0 Å². The van der Waals surface area contributed by atoms with Crippen LogP contribution in [0.5, 0.6) is 0 Å². The molecular weight excluding hydrogens is 286 g/mol. The van der Waals surface area contributed by atoms with Crippen molar-refractivity contribution < 1.29 is 24.2 Å². The minimum Gasteiger partial charge on any atom is -0.478 e. The van der Waals surface area contributed by atoms with Crippen LogP contribution in [-0.2, 0) is 19.1 Å². The van der Waals surface area contributed by atoms with Crippen molar-refractivity contribution in [2.24, 2.45) is 0 Å².